The third-order valence-electron chi connectivity index (χ3n) is 4.28. The second kappa shape index (κ2) is 9.84. The monoisotopic (exact) mass is 471 g/mol. The molecule has 1 heterocycles. The SMILES string of the molecule is CC(C)c1ccc(/C=N\NC(=O)CSc2nnc(-c3ccc(Br)cc3)n2C)cc1. The lowest BCUT2D eigenvalue weighted by Gasteiger charge is -2.05. The summed E-state index contributed by atoms with van der Waals surface area (Å²) in [5, 5.41) is 13.1. The summed E-state index contributed by atoms with van der Waals surface area (Å²) in [6.07, 6.45) is 1.64. The average Bonchev–Trinajstić information content (AvgIpc) is 3.08. The molecule has 3 aromatic rings. The zero-order valence-electron chi connectivity index (χ0n) is 16.5. The Morgan fingerprint density at radius 1 is 1.17 bits per heavy atom. The fourth-order valence-electron chi connectivity index (χ4n) is 2.60. The Hall–Kier alpha value is -2.45. The molecule has 0 saturated carbocycles. The molecule has 2 aromatic carbocycles. The van der Waals surface area contributed by atoms with Crippen molar-refractivity contribution in [2.45, 2.75) is 24.9 Å². The van der Waals surface area contributed by atoms with Crippen LogP contribution in [0.5, 0.6) is 0 Å². The molecule has 3 rings (SSSR count). The van der Waals surface area contributed by atoms with Crippen LogP contribution >= 0.6 is 27.7 Å². The lowest BCUT2D eigenvalue weighted by molar-refractivity contribution is -0.118. The van der Waals surface area contributed by atoms with Gasteiger partial charge in [0.15, 0.2) is 11.0 Å². The number of halogens is 1. The van der Waals surface area contributed by atoms with Crippen molar-refractivity contribution in [3.63, 3.8) is 0 Å². The van der Waals surface area contributed by atoms with Crippen molar-refractivity contribution in [1.29, 1.82) is 0 Å². The highest BCUT2D eigenvalue weighted by molar-refractivity contribution is 9.10. The highest BCUT2D eigenvalue weighted by Gasteiger charge is 2.12. The summed E-state index contributed by atoms with van der Waals surface area (Å²) in [6.45, 7) is 4.31. The number of benzene rings is 2. The normalized spacial score (nSPS) is 11.3. The number of hydrogen-bond acceptors (Lipinski definition) is 5. The lowest BCUT2D eigenvalue weighted by atomic mass is 10.0. The van der Waals surface area contributed by atoms with Crippen LogP contribution in [-0.2, 0) is 11.8 Å². The smallest absolute Gasteiger partial charge is 0.250 e. The summed E-state index contributed by atoms with van der Waals surface area (Å²) in [6, 6.07) is 16.0. The van der Waals surface area contributed by atoms with E-state index in [1.807, 2.05) is 48.0 Å². The van der Waals surface area contributed by atoms with Crippen molar-refractivity contribution in [3.8, 4) is 11.4 Å². The van der Waals surface area contributed by atoms with E-state index in [2.05, 4.69) is 62.6 Å². The van der Waals surface area contributed by atoms with Gasteiger partial charge in [0.05, 0.1) is 12.0 Å². The van der Waals surface area contributed by atoms with E-state index in [0.717, 1.165) is 21.4 Å². The number of nitrogens with zero attached hydrogens (tertiary/aromatic N) is 4. The van der Waals surface area contributed by atoms with Gasteiger partial charge in [-0.3, -0.25) is 4.79 Å². The number of nitrogens with one attached hydrogen (secondary N) is 1. The van der Waals surface area contributed by atoms with Gasteiger partial charge in [-0.25, -0.2) is 5.43 Å². The molecule has 0 spiro atoms. The second-order valence-electron chi connectivity index (χ2n) is 6.78. The molecule has 0 aliphatic carbocycles. The van der Waals surface area contributed by atoms with Gasteiger partial charge in [0.1, 0.15) is 0 Å². The third-order valence-corrected chi connectivity index (χ3v) is 5.82. The van der Waals surface area contributed by atoms with Crippen LogP contribution in [0, 0.1) is 0 Å². The van der Waals surface area contributed by atoms with Gasteiger partial charge < -0.3 is 4.57 Å². The van der Waals surface area contributed by atoms with Gasteiger partial charge in [0.25, 0.3) is 5.91 Å². The zero-order chi connectivity index (χ0) is 20.8. The third kappa shape index (κ3) is 5.77. The fourth-order valence-corrected chi connectivity index (χ4v) is 3.57. The van der Waals surface area contributed by atoms with Crippen LogP contribution in [0.15, 0.2) is 63.3 Å². The van der Waals surface area contributed by atoms with Gasteiger partial charge in [-0.2, -0.15) is 5.10 Å². The molecule has 8 heteroatoms. The van der Waals surface area contributed by atoms with E-state index in [4.69, 9.17) is 0 Å². The summed E-state index contributed by atoms with van der Waals surface area (Å²) in [5.74, 6) is 1.25. The minimum absolute atomic E-state index is 0.196. The summed E-state index contributed by atoms with van der Waals surface area (Å²) in [7, 11) is 1.89. The van der Waals surface area contributed by atoms with Gasteiger partial charge in [-0.1, -0.05) is 77.9 Å². The average molecular weight is 472 g/mol. The molecule has 0 atom stereocenters. The number of hydrogen-bond donors (Lipinski definition) is 1. The molecular formula is C21H22BrN5OS. The Morgan fingerprint density at radius 2 is 1.86 bits per heavy atom. The quantitative estimate of drug-likeness (QED) is 0.310. The van der Waals surface area contributed by atoms with Gasteiger partial charge in [-0.15, -0.1) is 10.2 Å². The maximum Gasteiger partial charge on any atom is 0.250 e. The number of thioether (sulfide) groups is 1. The summed E-state index contributed by atoms with van der Waals surface area (Å²) in [4.78, 5) is 12.1. The summed E-state index contributed by atoms with van der Waals surface area (Å²) < 4.78 is 2.88. The largest absolute Gasteiger partial charge is 0.305 e. The number of hydrazone groups is 1. The number of aromatic nitrogens is 3. The molecule has 0 aliphatic heterocycles. The zero-order valence-corrected chi connectivity index (χ0v) is 18.9. The first-order chi connectivity index (χ1) is 13.9. The maximum atomic E-state index is 12.1. The van der Waals surface area contributed by atoms with Crippen molar-refractivity contribution in [2.75, 3.05) is 5.75 Å². The Balaban J connectivity index is 1.52. The molecule has 0 bridgehead atoms. The topological polar surface area (TPSA) is 72.2 Å². The Morgan fingerprint density at radius 3 is 2.52 bits per heavy atom. The maximum absolute atomic E-state index is 12.1. The molecule has 0 radical (unpaired) electrons. The van der Waals surface area contributed by atoms with E-state index < -0.39 is 0 Å². The van der Waals surface area contributed by atoms with Crippen LogP contribution < -0.4 is 5.43 Å². The minimum Gasteiger partial charge on any atom is -0.305 e. The molecule has 6 nitrogen and oxygen atoms in total. The summed E-state index contributed by atoms with van der Waals surface area (Å²) in [5.41, 5.74) is 5.73. The standard InChI is InChI=1S/C21H22BrN5OS/c1-14(2)16-6-4-15(5-7-16)12-23-24-19(28)13-29-21-26-25-20(27(21)3)17-8-10-18(22)11-9-17/h4-12,14H,13H2,1-3H3,(H,24,28)/b23-12-. The first-order valence-electron chi connectivity index (χ1n) is 9.14. The van der Waals surface area contributed by atoms with E-state index >= 15 is 0 Å². The predicted octanol–water partition coefficient (Wildman–Crippen LogP) is 4.61. The van der Waals surface area contributed by atoms with Crippen LogP contribution in [0.2, 0.25) is 0 Å². The number of amides is 1. The van der Waals surface area contributed by atoms with Crippen LogP contribution in [0.25, 0.3) is 11.4 Å². The van der Waals surface area contributed by atoms with Gasteiger partial charge in [0, 0.05) is 17.1 Å². The van der Waals surface area contributed by atoms with Gasteiger partial charge >= 0.3 is 0 Å². The highest BCUT2D eigenvalue weighted by atomic mass is 79.9. The highest BCUT2D eigenvalue weighted by Crippen LogP contribution is 2.23. The van der Waals surface area contributed by atoms with Crippen LogP contribution in [0.1, 0.15) is 30.9 Å². The van der Waals surface area contributed by atoms with Crippen LogP contribution in [0.3, 0.4) is 0 Å². The van der Waals surface area contributed by atoms with Crippen LogP contribution in [0.4, 0.5) is 0 Å². The van der Waals surface area contributed by atoms with E-state index in [9.17, 15) is 4.79 Å². The van der Waals surface area contributed by atoms with Gasteiger partial charge in [0.2, 0.25) is 0 Å². The molecule has 150 valence electrons. The Labute approximate surface area is 182 Å². The van der Waals surface area contributed by atoms with Gasteiger partial charge in [-0.05, 0) is 29.2 Å². The second-order valence-corrected chi connectivity index (χ2v) is 8.63. The van der Waals surface area contributed by atoms with Crippen molar-refractivity contribution < 1.29 is 4.79 Å². The lowest BCUT2D eigenvalue weighted by Crippen LogP contribution is -2.19. The first-order valence-corrected chi connectivity index (χ1v) is 10.9. The molecule has 0 unspecified atom stereocenters. The van der Waals surface area contributed by atoms with Crippen molar-refractivity contribution in [2.24, 2.45) is 12.1 Å². The number of carbonyl (C=O) groups excluding carboxylic acids is 1. The molecule has 0 aliphatic rings. The predicted molar refractivity (Wildman–Crippen MR) is 121 cm³/mol. The summed E-state index contributed by atoms with van der Waals surface area (Å²) >= 11 is 4.74. The number of rotatable bonds is 7. The molecular weight excluding hydrogens is 450 g/mol. The first kappa shape index (κ1) is 21.3. The van der Waals surface area contributed by atoms with E-state index in [-0.39, 0.29) is 11.7 Å². The molecule has 1 aromatic heterocycles. The van der Waals surface area contributed by atoms with E-state index in [0.29, 0.717) is 11.1 Å². The van der Waals surface area contributed by atoms with Crippen molar-refractivity contribution >= 4 is 39.8 Å². The molecule has 29 heavy (non-hydrogen) atoms. The molecule has 0 fully saturated rings. The van der Waals surface area contributed by atoms with E-state index in [1.165, 1.54) is 17.3 Å². The minimum atomic E-state index is -0.196. The van der Waals surface area contributed by atoms with Crippen molar-refractivity contribution in [1.82, 2.24) is 20.2 Å². The molecule has 1 amide bonds. The Kier molecular flexibility index (Phi) is 7.22. The van der Waals surface area contributed by atoms with Crippen molar-refractivity contribution in [3.05, 3.63) is 64.1 Å². The Bertz CT molecular complexity index is 997. The van der Waals surface area contributed by atoms with E-state index in [1.54, 1.807) is 6.21 Å². The fraction of sp³-hybridized carbons (Fsp3) is 0.238. The van der Waals surface area contributed by atoms with Crippen LogP contribution in [-0.4, -0.2) is 32.6 Å². The molecule has 0 saturated heterocycles. The molecule has 1 N–H and O–H groups in total. The number of carbonyl (C=O) groups is 1.